The summed E-state index contributed by atoms with van der Waals surface area (Å²) < 4.78 is 28.5. The number of aliphatic hydroxyl groups excluding tert-OH is 2. The van der Waals surface area contributed by atoms with Gasteiger partial charge in [-0.3, -0.25) is 14.4 Å². The molecule has 0 aromatic heterocycles. The van der Waals surface area contributed by atoms with Crippen LogP contribution in [0.15, 0.2) is 36.5 Å². The van der Waals surface area contributed by atoms with E-state index in [9.17, 15) is 34.5 Å². The molecule has 1 fully saturated rings. The summed E-state index contributed by atoms with van der Waals surface area (Å²) in [5.41, 5.74) is 0. The number of unbranched alkanes of at least 4 members (excludes halogenated alkanes) is 33. The van der Waals surface area contributed by atoms with Crippen LogP contribution in [0.25, 0.3) is 0 Å². The Morgan fingerprint density at radius 1 is 0.427 bits per heavy atom. The fourth-order valence-electron chi connectivity index (χ4n) is 9.35. The van der Waals surface area contributed by atoms with Gasteiger partial charge in [-0.2, -0.15) is 0 Å². The first kappa shape index (κ1) is 70.0. The van der Waals surface area contributed by atoms with Crippen LogP contribution < -0.4 is 0 Å². The van der Waals surface area contributed by atoms with E-state index in [-0.39, 0.29) is 25.9 Å². The van der Waals surface area contributed by atoms with E-state index in [4.69, 9.17) is 23.7 Å². The monoisotopic (exact) mass is 1060 g/mol. The number of aliphatic carboxylic acids is 1. The van der Waals surface area contributed by atoms with E-state index in [0.29, 0.717) is 19.3 Å². The normalized spacial score (nSPS) is 18.3. The number of allylic oxidation sites excluding steroid dienone is 6. The van der Waals surface area contributed by atoms with Crippen LogP contribution in [-0.4, -0.2) is 89.2 Å². The van der Waals surface area contributed by atoms with E-state index in [1.807, 2.05) is 0 Å². The zero-order valence-corrected chi connectivity index (χ0v) is 48.1. The minimum absolute atomic E-state index is 0.0565. The number of carbonyl (C=O) groups excluding carboxylic acids is 3. The summed E-state index contributed by atoms with van der Waals surface area (Å²) in [4.78, 5) is 51.2. The Morgan fingerprint density at radius 3 is 1.15 bits per heavy atom. The smallest absolute Gasteiger partial charge is 0.335 e. The van der Waals surface area contributed by atoms with Crippen molar-refractivity contribution in [2.24, 2.45) is 0 Å². The summed E-state index contributed by atoms with van der Waals surface area (Å²) in [5, 5.41) is 31.5. The van der Waals surface area contributed by atoms with Crippen molar-refractivity contribution in [1.29, 1.82) is 0 Å². The number of rotatable bonds is 53. The summed E-state index contributed by atoms with van der Waals surface area (Å²) in [7, 11) is 0. The Kier molecular flexibility index (Phi) is 48.2. The number of hydrogen-bond acceptors (Lipinski definition) is 11. The number of carboxylic acids is 1. The van der Waals surface area contributed by atoms with E-state index < -0.39 is 67.3 Å². The third-order valence-corrected chi connectivity index (χ3v) is 14.2. The Morgan fingerprint density at radius 2 is 0.760 bits per heavy atom. The van der Waals surface area contributed by atoms with E-state index in [1.54, 1.807) is 0 Å². The largest absolute Gasteiger partial charge is 0.479 e. The molecule has 0 aliphatic carbocycles. The highest BCUT2D eigenvalue weighted by Gasteiger charge is 2.50. The van der Waals surface area contributed by atoms with Gasteiger partial charge in [-0.1, -0.05) is 211 Å². The van der Waals surface area contributed by atoms with Gasteiger partial charge in [0.2, 0.25) is 0 Å². The van der Waals surface area contributed by atoms with Gasteiger partial charge in [-0.05, 0) is 96.3 Å². The van der Waals surface area contributed by atoms with Crippen molar-refractivity contribution in [2.45, 2.75) is 327 Å². The number of carboxylic acid groups (broad SMARTS) is 1. The first-order valence-electron chi connectivity index (χ1n) is 31.0. The molecule has 0 saturated carbocycles. The van der Waals surface area contributed by atoms with Crippen LogP contribution in [0.5, 0.6) is 0 Å². The molecule has 0 radical (unpaired) electrons. The Hall–Kier alpha value is -3.06. The maximum absolute atomic E-state index is 13.1. The van der Waals surface area contributed by atoms with E-state index in [1.165, 1.54) is 122 Å². The van der Waals surface area contributed by atoms with Crippen LogP contribution in [0, 0.1) is 0 Å². The minimum Gasteiger partial charge on any atom is -0.479 e. The van der Waals surface area contributed by atoms with Gasteiger partial charge in [0.15, 0.2) is 24.6 Å². The third kappa shape index (κ3) is 41.7. The predicted molar refractivity (Wildman–Crippen MR) is 303 cm³/mol. The van der Waals surface area contributed by atoms with Gasteiger partial charge in [0.05, 0.1) is 6.61 Å². The topological polar surface area (TPSA) is 175 Å². The second-order valence-corrected chi connectivity index (χ2v) is 21.3. The molecule has 12 nitrogen and oxygen atoms in total. The molecule has 0 bridgehead atoms. The molecule has 3 N–H and O–H groups in total. The van der Waals surface area contributed by atoms with Crippen molar-refractivity contribution in [3.63, 3.8) is 0 Å². The average molecular weight is 1060 g/mol. The third-order valence-electron chi connectivity index (χ3n) is 14.2. The number of aliphatic hydroxyl groups is 2. The van der Waals surface area contributed by atoms with Gasteiger partial charge in [-0.15, -0.1) is 0 Å². The maximum atomic E-state index is 13.1. The molecule has 0 spiro atoms. The molecule has 0 aromatic rings. The molecular formula is C63H112O12. The molecular weight excluding hydrogens is 949 g/mol. The average Bonchev–Trinajstić information content (AvgIpc) is 3.39. The maximum Gasteiger partial charge on any atom is 0.335 e. The molecule has 6 unspecified atom stereocenters. The van der Waals surface area contributed by atoms with Crippen LogP contribution in [0.3, 0.4) is 0 Å². The molecule has 436 valence electrons. The number of carbonyl (C=O) groups is 4. The summed E-state index contributed by atoms with van der Waals surface area (Å²) in [6.45, 7) is 5.98. The van der Waals surface area contributed by atoms with Crippen molar-refractivity contribution in [2.75, 3.05) is 13.2 Å². The Bertz CT molecular complexity index is 1450. The van der Waals surface area contributed by atoms with E-state index >= 15 is 0 Å². The van der Waals surface area contributed by atoms with Crippen LogP contribution in [-0.2, 0) is 42.9 Å². The number of esters is 3. The predicted octanol–water partition coefficient (Wildman–Crippen LogP) is 16.0. The summed E-state index contributed by atoms with van der Waals surface area (Å²) >= 11 is 0. The van der Waals surface area contributed by atoms with Gasteiger partial charge in [0.1, 0.15) is 18.8 Å². The van der Waals surface area contributed by atoms with Gasteiger partial charge in [-0.25, -0.2) is 4.79 Å². The lowest BCUT2D eigenvalue weighted by Crippen LogP contribution is -2.61. The first-order valence-corrected chi connectivity index (χ1v) is 31.0. The molecule has 1 rings (SSSR count). The number of ether oxygens (including phenoxy) is 5. The van der Waals surface area contributed by atoms with Crippen molar-refractivity contribution < 1.29 is 58.2 Å². The van der Waals surface area contributed by atoms with Crippen molar-refractivity contribution in [1.82, 2.24) is 0 Å². The fourth-order valence-corrected chi connectivity index (χ4v) is 9.35. The zero-order chi connectivity index (χ0) is 54.7. The second kappa shape index (κ2) is 51.7. The summed E-state index contributed by atoms with van der Waals surface area (Å²) in [6.07, 6.45) is 48.2. The van der Waals surface area contributed by atoms with Gasteiger partial charge in [0.25, 0.3) is 0 Å². The van der Waals surface area contributed by atoms with E-state index in [2.05, 4.69) is 57.2 Å². The zero-order valence-electron chi connectivity index (χ0n) is 48.1. The fraction of sp³-hybridized carbons (Fsp3) is 0.841. The molecule has 1 saturated heterocycles. The molecule has 6 atom stereocenters. The molecule has 12 heteroatoms. The highest BCUT2D eigenvalue weighted by Crippen LogP contribution is 2.26. The van der Waals surface area contributed by atoms with Crippen LogP contribution in [0.4, 0.5) is 0 Å². The Labute approximate surface area is 457 Å². The lowest BCUT2D eigenvalue weighted by Gasteiger charge is -2.40. The van der Waals surface area contributed by atoms with Crippen molar-refractivity contribution in [3.05, 3.63) is 36.5 Å². The van der Waals surface area contributed by atoms with Crippen molar-refractivity contribution in [3.8, 4) is 0 Å². The molecule has 1 heterocycles. The lowest BCUT2D eigenvalue weighted by atomic mass is 9.98. The van der Waals surface area contributed by atoms with Gasteiger partial charge in [0, 0.05) is 19.3 Å². The number of hydrogen-bond donors (Lipinski definition) is 3. The molecule has 75 heavy (non-hydrogen) atoms. The summed E-state index contributed by atoms with van der Waals surface area (Å²) in [5.74, 6) is -3.12. The van der Waals surface area contributed by atoms with Crippen LogP contribution >= 0.6 is 0 Å². The molecule has 1 aliphatic heterocycles. The van der Waals surface area contributed by atoms with Crippen LogP contribution in [0.1, 0.15) is 290 Å². The standard InChI is InChI=1S/C63H112O12/c1-4-7-10-13-16-19-22-25-27-28-30-33-36-39-42-45-48-51-57(66)74-61-59(68)58(67)60(62(69)70)75-63(61)72-53-54(73-56(65)50-47-44-41-38-35-31-24-21-18-15-12-9-6-3)52-71-55(64)49-46-43-40-37-34-32-29-26-23-20-17-14-11-8-5-2/h21,24-27,29,54,58-61,63,67-68H,4-20,22-23,28,30-53H2,1-3H3,(H,69,70)/b24-21-,27-25-,29-26-. The molecule has 0 amide bonds. The highest BCUT2D eigenvalue weighted by molar-refractivity contribution is 5.74. The SMILES string of the molecule is CCCCCC/C=C\CCCCCCCC(=O)OC(COC(=O)CCCCCCC/C=C\CCCCCCCC)COC1OC(C(=O)O)C(O)C(O)C1OC(=O)CCCCCCCCC/C=C\CCCCCCCC. The van der Waals surface area contributed by atoms with Gasteiger partial charge < -0.3 is 39.0 Å². The minimum atomic E-state index is -1.90. The van der Waals surface area contributed by atoms with Gasteiger partial charge >= 0.3 is 23.9 Å². The van der Waals surface area contributed by atoms with Crippen molar-refractivity contribution >= 4 is 23.9 Å². The lowest BCUT2D eigenvalue weighted by molar-refractivity contribution is -0.301. The Balaban J connectivity index is 2.67. The van der Waals surface area contributed by atoms with E-state index in [0.717, 1.165) is 109 Å². The van der Waals surface area contributed by atoms with Crippen LogP contribution in [0.2, 0.25) is 0 Å². The quantitative estimate of drug-likeness (QED) is 0.0228. The molecule has 0 aromatic carbocycles. The first-order chi connectivity index (χ1) is 36.6. The highest BCUT2D eigenvalue weighted by atomic mass is 16.7. The molecule has 1 aliphatic rings. The second-order valence-electron chi connectivity index (χ2n) is 21.3. The summed E-state index contributed by atoms with van der Waals surface area (Å²) in [6, 6.07) is 0.